The number of halogens is 3. The third-order valence-electron chi connectivity index (χ3n) is 2.25. The molecule has 1 aromatic rings. The number of rotatable bonds is 4. The summed E-state index contributed by atoms with van der Waals surface area (Å²) in [5.74, 6) is -0.114. The minimum Gasteiger partial charge on any atom is -0.433 e. The van der Waals surface area contributed by atoms with E-state index in [0.717, 1.165) is 0 Å². The highest BCUT2D eigenvalue weighted by molar-refractivity contribution is 14.1. The summed E-state index contributed by atoms with van der Waals surface area (Å²) in [5.41, 5.74) is -0.508. The zero-order chi connectivity index (χ0) is 15.7. The Bertz CT molecular complexity index is 597. The van der Waals surface area contributed by atoms with Gasteiger partial charge in [-0.1, -0.05) is 0 Å². The molecule has 0 saturated carbocycles. The fraction of sp³-hybridized carbons (Fsp3) is 0.500. The summed E-state index contributed by atoms with van der Waals surface area (Å²) < 4.78 is 56.6. The molecule has 0 fully saturated rings. The lowest BCUT2D eigenvalue weighted by Gasteiger charge is -2.22. The number of benzene rings is 1. The quantitative estimate of drug-likeness (QED) is 0.763. The van der Waals surface area contributed by atoms with Gasteiger partial charge in [0.25, 0.3) is 0 Å². The Morgan fingerprint density at radius 3 is 2.30 bits per heavy atom. The minimum absolute atomic E-state index is 0.0662. The molecule has 0 aliphatic heterocycles. The average molecular weight is 419 g/mol. The van der Waals surface area contributed by atoms with E-state index in [9.17, 15) is 17.2 Å². The van der Waals surface area contributed by atoms with E-state index in [1.807, 2.05) is 22.6 Å². The molecule has 114 valence electrons. The number of hydrogen-bond donors (Lipinski definition) is 1. The van der Waals surface area contributed by atoms with Crippen molar-refractivity contribution in [3.63, 3.8) is 0 Å². The van der Waals surface area contributed by atoms with Crippen LogP contribution in [0.4, 0.5) is 8.78 Å². The minimum atomic E-state index is -3.80. The number of ether oxygens (including phenoxy) is 1. The zero-order valence-corrected chi connectivity index (χ0v) is 14.5. The first-order valence-electron chi connectivity index (χ1n) is 5.72. The molecule has 8 heteroatoms. The van der Waals surface area contributed by atoms with E-state index < -0.39 is 22.2 Å². The molecule has 1 aromatic carbocycles. The fourth-order valence-electron chi connectivity index (χ4n) is 1.62. The van der Waals surface area contributed by atoms with Crippen LogP contribution in [0.15, 0.2) is 17.0 Å². The van der Waals surface area contributed by atoms with Gasteiger partial charge in [0.15, 0.2) is 0 Å². The van der Waals surface area contributed by atoms with Gasteiger partial charge in [-0.3, -0.25) is 0 Å². The van der Waals surface area contributed by atoms with E-state index in [1.54, 1.807) is 20.8 Å². The highest BCUT2D eigenvalue weighted by Gasteiger charge is 2.26. The van der Waals surface area contributed by atoms with Crippen LogP contribution in [0.25, 0.3) is 0 Å². The third kappa shape index (κ3) is 4.52. The van der Waals surface area contributed by atoms with Gasteiger partial charge in [0.05, 0.1) is 8.47 Å². The van der Waals surface area contributed by atoms with Gasteiger partial charge in [0.1, 0.15) is 5.75 Å². The molecular formula is C12H16F2INO3S. The van der Waals surface area contributed by atoms with Crippen molar-refractivity contribution < 1.29 is 21.9 Å². The summed E-state index contributed by atoms with van der Waals surface area (Å²) in [4.78, 5) is -0.0662. The van der Waals surface area contributed by atoms with Crippen LogP contribution in [0.3, 0.4) is 0 Å². The second-order valence-corrected chi connectivity index (χ2v) is 8.05. The largest absolute Gasteiger partial charge is 0.433 e. The van der Waals surface area contributed by atoms with Crippen LogP contribution in [-0.4, -0.2) is 20.6 Å². The fourth-order valence-corrected chi connectivity index (χ4v) is 3.99. The highest BCUT2D eigenvalue weighted by atomic mass is 127. The van der Waals surface area contributed by atoms with Gasteiger partial charge in [0.2, 0.25) is 10.0 Å². The zero-order valence-electron chi connectivity index (χ0n) is 11.5. The normalized spacial score (nSPS) is 12.8. The summed E-state index contributed by atoms with van der Waals surface area (Å²) in [5, 5.41) is 0. The van der Waals surface area contributed by atoms with Crippen molar-refractivity contribution >= 4 is 32.6 Å². The lowest BCUT2D eigenvalue weighted by Crippen LogP contribution is -2.40. The lowest BCUT2D eigenvalue weighted by atomic mass is 10.1. The summed E-state index contributed by atoms with van der Waals surface area (Å²) in [7, 11) is -3.80. The smallest absolute Gasteiger partial charge is 0.387 e. The van der Waals surface area contributed by atoms with E-state index in [4.69, 9.17) is 0 Å². The van der Waals surface area contributed by atoms with E-state index in [-0.39, 0.29) is 16.2 Å². The van der Waals surface area contributed by atoms with Gasteiger partial charge >= 0.3 is 6.61 Å². The molecule has 0 atom stereocenters. The Morgan fingerprint density at radius 2 is 1.85 bits per heavy atom. The molecule has 4 nitrogen and oxygen atoms in total. The molecule has 0 radical (unpaired) electrons. The van der Waals surface area contributed by atoms with Crippen molar-refractivity contribution in [2.24, 2.45) is 0 Å². The SMILES string of the molecule is Cc1c(S(=O)(=O)NC(C)(C)C)ccc(I)c1OC(F)F. The Balaban J connectivity index is 3.34. The second-order valence-electron chi connectivity index (χ2n) is 5.23. The van der Waals surface area contributed by atoms with Crippen LogP contribution in [0.1, 0.15) is 26.3 Å². The molecular weight excluding hydrogens is 403 g/mol. The molecule has 0 aromatic heterocycles. The molecule has 1 N–H and O–H groups in total. The van der Waals surface area contributed by atoms with Crippen molar-refractivity contribution in [1.29, 1.82) is 0 Å². The predicted octanol–water partition coefficient (Wildman–Crippen LogP) is 3.28. The second kappa shape index (κ2) is 6.10. The van der Waals surface area contributed by atoms with Crippen molar-refractivity contribution in [2.75, 3.05) is 0 Å². The maximum Gasteiger partial charge on any atom is 0.387 e. The molecule has 1 rings (SSSR count). The van der Waals surface area contributed by atoms with E-state index in [2.05, 4.69) is 9.46 Å². The maximum absolute atomic E-state index is 12.4. The van der Waals surface area contributed by atoms with Gasteiger partial charge in [0, 0.05) is 11.1 Å². The van der Waals surface area contributed by atoms with Gasteiger partial charge in [-0.05, 0) is 62.4 Å². The van der Waals surface area contributed by atoms with E-state index in [0.29, 0.717) is 3.57 Å². The summed E-state index contributed by atoms with van der Waals surface area (Å²) in [6, 6.07) is 2.81. The molecule has 0 spiro atoms. The molecule has 0 unspecified atom stereocenters. The van der Waals surface area contributed by atoms with Crippen LogP contribution in [0, 0.1) is 10.5 Å². The first-order valence-corrected chi connectivity index (χ1v) is 8.28. The maximum atomic E-state index is 12.4. The number of hydrogen-bond acceptors (Lipinski definition) is 3. The van der Waals surface area contributed by atoms with Crippen molar-refractivity contribution in [3.8, 4) is 5.75 Å². The Hall–Kier alpha value is -0.480. The summed E-state index contributed by atoms with van der Waals surface area (Å²) in [6.45, 7) is 3.53. The summed E-state index contributed by atoms with van der Waals surface area (Å²) >= 11 is 1.82. The molecule has 0 aliphatic rings. The van der Waals surface area contributed by atoms with Gasteiger partial charge in [-0.15, -0.1) is 0 Å². The highest BCUT2D eigenvalue weighted by Crippen LogP contribution is 2.32. The van der Waals surface area contributed by atoms with E-state index >= 15 is 0 Å². The van der Waals surface area contributed by atoms with E-state index in [1.165, 1.54) is 19.1 Å². The number of alkyl halides is 2. The molecule has 0 aliphatic carbocycles. The Morgan fingerprint density at radius 1 is 1.30 bits per heavy atom. The predicted molar refractivity (Wildman–Crippen MR) is 80.6 cm³/mol. The van der Waals surface area contributed by atoms with Crippen molar-refractivity contribution in [2.45, 2.75) is 44.7 Å². The lowest BCUT2D eigenvalue weighted by molar-refractivity contribution is -0.0510. The van der Waals surface area contributed by atoms with Crippen molar-refractivity contribution in [1.82, 2.24) is 4.72 Å². The molecule has 20 heavy (non-hydrogen) atoms. The first-order chi connectivity index (χ1) is 8.94. The number of nitrogens with one attached hydrogen (secondary N) is 1. The van der Waals surface area contributed by atoms with Gasteiger partial charge < -0.3 is 4.74 Å². The average Bonchev–Trinajstić information content (AvgIpc) is 2.19. The van der Waals surface area contributed by atoms with Crippen LogP contribution < -0.4 is 9.46 Å². The monoisotopic (exact) mass is 419 g/mol. The Labute approximate surface area is 131 Å². The van der Waals surface area contributed by atoms with Crippen LogP contribution in [0.5, 0.6) is 5.75 Å². The van der Waals surface area contributed by atoms with Gasteiger partial charge in [-0.2, -0.15) is 8.78 Å². The third-order valence-corrected chi connectivity index (χ3v) is 5.00. The summed E-state index contributed by atoms with van der Waals surface area (Å²) in [6.07, 6.45) is 0. The standard InChI is InChI=1S/C12H16F2INO3S/c1-7-9(20(17,18)16-12(2,3)4)6-5-8(15)10(7)19-11(13)14/h5-6,11,16H,1-4H3. The van der Waals surface area contributed by atoms with Crippen LogP contribution >= 0.6 is 22.6 Å². The van der Waals surface area contributed by atoms with Crippen molar-refractivity contribution in [3.05, 3.63) is 21.3 Å². The molecule has 0 saturated heterocycles. The number of sulfonamides is 1. The topological polar surface area (TPSA) is 55.4 Å². The Kier molecular flexibility index (Phi) is 5.36. The first kappa shape index (κ1) is 17.6. The van der Waals surface area contributed by atoms with Crippen LogP contribution in [-0.2, 0) is 10.0 Å². The molecule has 0 heterocycles. The van der Waals surface area contributed by atoms with Gasteiger partial charge in [-0.25, -0.2) is 13.1 Å². The van der Waals surface area contributed by atoms with Crippen LogP contribution in [0.2, 0.25) is 0 Å². The molecule has 0 amide bonds. The molecule has 0 bridgehead atoms.